The van der Waals surface area contributed by atoms with E-state index in [4.69, 9.17) is 0 Å². The third-order valence-corrected chi connectivity index (χ3v) is 1.71. The summed E-state index contributed by atoms with van der Waals surface area (Å²) in [5, 5.41) is 2.90. The monoisotopic (exact) mass is 157 g/mol. The van der Waals surface area contributed by atoms with Gasteiger partial charge in [-0.2, -0.15) is 0 Å². The van der Waals surface area contributed by atoms with Crippen molar-refractivity contribution in [2.45, 2.75) is 18.9 Å². The van der Waals surface area contributed by atoms with Crippen LogP contribution in [0, 0.1) is 0 Å². The predicted octanol–water partition coefficient (Wildman–Crippen LogP) is -0.520. The standard InChI is InChI=1S/C7H11NO3/c1-11-7(10)6-4-5(9)2-3-8-6/h6,8H,2-4H2,1H3/t6-/m1/s1. The van der Waals surface area contributed by atoms with Gasteiger partial charge in [-0.1, -0.05) is 0 Å². The maximum Gasteiger partial charge on any atom is 0.323 e. The fourth-order valence-corrected chi connectivity index (χ4v) is 1.10. The van der Waals surface area contributed by atoms with Crippen LogP contribution in [0.3, 0.4) is 0 Å². The maximum absolute atomic E-state index is 10.9. The van der Waals surface area contributed by atoms with Crippen LogP contribution in [0.25, 0.3) is 0 Å². The van der Waals surface area contributed by atoms with Crippen LogP contribution >= 0.6 is 0 Å². The number of ether oxygens (including phenoxy) is 1. The molecule has 0 amide bonds. The average molecular weight is 157 g/mol. The molecule has 0 saturated carbocycles. The van der Waals surface area contributed by atoms with Gasteiger partial charge in [-0.15, -0.1) is 0 Å². The minimum Gasteiger partial charge on any atom is -0.468 e. The summed E-state index contributed by atoms with van der Waals surface area (Å²) in [5.41, 5.74) is 0. The molecule has 1 aliphatic rings. The molecule has 1 heterocycles. The van der Waals surface area contributed by atoms with Gasteiger partial charge < -0.3 is 10.1 Å². The molecule has 0 spiro atoms. The van der Waals surface area contributed by atoms with Crippen LogP contribution in [-0.4, -0.2) is 31.4 Å². The Labute approximate surface area is 64.9 Å². The SMILES string of the molecule is COC(=O)[C@H]1CC(=O)CCN1. The predicted molar refractivity (Wildman–Crippen MR) is 38.0 cm³/mol. The number of carbonyl (C=O) groups is 2. The quantitative estimate of drug-likeness (QED) is 0.520. The summed E-state index contributed by atoms with van der Waals surface area (Å²) in [7, 11) is 1.32. The highest BCUT2D eigenvalue weighted by atomic mass is 16.5. The second-order valence-corrected chi connectivity index (χ2v) is 2.52. The number of Topliss-reactive ketones (excluding diaryl/α,β-unsaturated/α-hetero) is 1. The normalized spacial score (nSPS) is 24.8. The van der Waals surface area contributed by atoms with Gasteiger partial charge in [0.25, 0.3) is 0 Å². The lowest BCUT2D eigenvalue weighted by atomic mass is 10.0. The van der Waals surface area contributed by atoms with Crippen LogP contribution in [0.4, 0.5) is 0 Å². The average Bonchev–Trinajstić information content (AvgIpc) is 2.03. The van der Waals surface area contributed by atoms with Gasteiger partial charge in [0.05, 0.1) is 7.11 Å². The number of esters is 1. The van der Waals surface area contributed by atoms with E-state index in [1.54, 1.807) is 0 Å². The summed E-state index contributed by atoms with van der Waals surface area (Å²) in [6, 6.07) is -0.416. The lowest BCUT2D eigenvalue weighted by Gasteiger charge is -2.19. The van der Waals surface area contributed by atoms with E-state index in [-0.39, 0.29) is 18.2 Å². The van der Waals surface area contributed by atoms with Crippen LogP contribution < -0.4 is 5.32 Å². The molecule has 1 saturated heterocycles. The van der Waals surface area contributed by atoms with Gasteiger partial charge in [0.2, 0.25) is 0 Å². The van der Waals surface area contributed by atoms with Crippen LogP contribution in [0.5, 0.6) is 0 Å². The molecule has 1 aliphatic heterocycles. The molecule has 4 nitrogen and oxygen atoms in total. The lowest BCUT2D eigenvalue weighted by Crippen LogP contribution is -2.44. The van der Waals surface area contributed by atoms with Gasteiger partial charge in [0, 0.05) is 19.4 Å². The highest BCUT2D eigenvalue weighted by molar-refractivity contribution is 5.87. The molecule has 0 radical (unpaired) electrons. The minimum absolute atomic E-state index is 0.124. The summed E-state index contributed by atoms with van der Waals surface area (Å²) >= 11 is 0. The molecular formula is C7H11NO3. The molecule has 0 aliphatic carbocycles. The maximum atomic E-state index is 10.9. The first-order valence-electron chi connectivity index (χ1n) is 3.57. The highest BCUT2D eigenvalue weighted by Gasteiger charge is 2.25. The van der Waals surface area contributed by atoms with Gasteiger partial charge in [-0.05, 0) is 0 Å². The summed E-state index contributed by atoms with van der Waals surface area (Å²) in [6.07, 6.45) is 0.792. The first kappa shape index (κ1) is 8.20. The van der Waals surface area contributed by atoms with Gasteiger partial charge in [0.15, 0.2) is 0 Å². The number of piperidine rings is 1. The second-order valence-electron chi connectivity index (χ2n) is 2.52. The van der Waals surface area contributed by atoms with Gasteiger partial charge in [0.1, 0.15) is 11.8 Å². The Kier molecular flexibility index (Phi) is 2.59. The summed E-state index contributed by atoms with van der Waals surface area (Å²) in [5.74, 6) is -0.225. The van der Waals surface area contributed by atoms with Crippen LogP contribution in [0.1, 0.15) is 12.8 Å². The first-order chi connectivity index (χ1) is 5.24. The molecule has 0 unspecified atom stereocenters. The topological polar surface area (TPSA) is 55.4 Å². The lowest BCUT2D eigenvalue weighted by molar-refractivity contribution is -0.145. The van der Waals surface area contributed by atoms with Gasteiger partial charge in [-0.3, -0.25) is 9.59 Å². The van der Waals surface area contributed by atoms with Crippen molar-refractivity contribution in [3.8, 4) is 0 Å². The zero-order valence-corrected chi connectivity index (χ0v) is 6.42. The Balaban J connectivity index is 2.45. The number of rotatable bonds is 1. The first-order valence-corrected chi connectivity index (χ1v) is 3.57. The Bertz CT molecular complexity index is 179. The van der Waals surface area contributed by atoms with Crippen molar-refractivity contribution in [1.82, 2.24) is 5.32 Å². The molecule has 0 bridgehead atoms. The summed E-state index contributed by atoms with van der Waals surface area (Å²) in [6.45, 7) is 0.582. The molecule has 1 atom stereocenters. The Morgan fingerprint density at radius 1 is 1.73 bits per heavy atom. The highest BCUT2D eigenvalue weighted by Crippen LogP contribution is 2.04. The van der Waals surface area contributed by atoms with Crippen molar-refractivity contribution in [2.75, 3.05) is 13.7 Å². The van der Waals surface area contributed by atoms with E-state index in [1.165, 1.54) is 7.11 Å². The summed E-state index contributed by atoms with van der Waals surface area (Å²) < 4.78 is 4.48. The fraction of sp³-hybridized carbons (Fsp3) is 0.714. The molecule has 0 aromatic heterocycles. The van der Waals surface area contributed by atoms with Crippen molar-refractivity contribution in [3.05, 3.63) is 0 Å². The molecule has 11 heavy (non-hydrogen) atoms. The van der Waals surface area contributed by atoms with Crippen LogP contribution in [-0.2, 0) is 14.3 Å². The van der Waals surface area contributed by atoms with Crippen molar-refractivity contribution in [2.24, 2.45) is 0 Å². The molecule has 1 fully saturated rings. The van der Waals surface area contributed by atoms with Crippen LogP contribution in [0.2, 0.25) is 0 Å². The molecular weight excluding hydrogens is 146 g/mol. The second kappa shape index (κ2) is 3.48. The largest absolute Gasteiger partial charge is 0.468 e. The van der Waals surface area contributed by atoms with E-state index >= 15 is 0 Å². The minimum atomic E-state index is -0.416. The van der Waals surface area contributed by atoms with Crippen LogP contribution in [0.15, 0.2) is 0 Å². The smallest absolute Gasteiger partial charge is 0.323 e. The molecule has 0 aromatic rings. The molecule has 62 valence electrons. The Morgan fingerprint density at radius 3 is 3.00 bits per heavy atom. The molecule has 0 aromatic carbocycles. The number of ketones is 1. The van der Waals surface area contributed by atoms with E-state index in [2.05, 4.69) is 10.1 Å². The van der Waals surface area contributed by atoms with Crippen molar-refractivity contribution in [3.63, 3.8) is 0 Å². The van der Waals surface area contributed by atoms with Crippen molar-refractivity contribution < 1.29 is 14.3 Å². The zero-order chi connectivity index (χ0) is 8.27. The number of nitrogens with one attached hydrogen (secondary N) is 1. The summed E-state index contributed by atoms with van der Waals surface area (Å²) in [4.78, 5) is 21.7. The molecule has 4 heteroatoms. The number of hydrogen-bond donors (Lipinski definition) is 1. The molecule has 1 rings (SSSR count). The zero-order valence-electron chi connectivity index (χ0n) is 6.42. The Morgan fingerprint density at radius 2 is 2.45 bits per heavy atom. The number of methoxy groups -OCH3 is 1. The van der Waals surface area contributed by atoms with Crippen molar-refractivity contribution >= 4 is 11.8 Å². The number of hydrogen-bond acceptors (Lipinski definition) is 4. The Hall–Kier alpha value is -0.900. The van der Waals surface area contributed by atoms with E-state index in [0.29, 0.717) is 13.0 Å². The van der Waals surface area contributed by atoms with Gasteiger partial charge >= 0.3 is 5.97 Å². The molecule has 1 N–H and O–H groups in total. The van der Waals surface area contributed by atoms with E-state index in [9.17, 15) is 9.59 Å². The fourth-order valence-electron chi connectivity index (χ4n) is 1.10. The van der Waals surface area contributed by atoms with E-state index < -0.39 is 6.04 Å². The number of carbonyl (C=O) groups excluding carboxylic acids is 2. The van der Waals surface area contributed by atoms with E-state index in [0.717, 1.165) is 0 Å². The van der Waals surface area contributed by atoms with Gasteiger partial charge in [-0.25, -0.2) is 0 Å². The third-order valence-electron chi connectivity index (χ3n) is 1.71. The third kappa shape index (κ3) is 2.01. The van der Waals surface area contributed by atoms with Crippen molar-refractivity contribution in [1.29, 1.82) is 0 Å². The van der Waals surface area contributed by atoms with E-state index in [1.807, 2.05) is 0 Å².